The van der Waals surface area contributed by atoms with Crippen molar-refractivity contribution in [1.29, 1.82) is 0 Å². The molecule has 0 saturated heterocycles. The SMILES string of the molecule is [2H]c1c([2H])c(C(C([2H])([2H])[2H])(C([2H])([2H])[2H])C([2H])([2H])[2H])c([2H])c([2H])c1-c1ccnc(-c2[c-]c(-c3cccc4c3nc(-c3cc(C(C)C)cc(C(C)C)c3O)n4-c3ccc(C(C)(C)C)cc3-c3ccccc3)cc(C(C)(C)C)c2)c1.[Pt]. The Bertz CT molecular complexity index is 3520. The second kappa shape index (κ2) is 18.0. The van der Waals surface area contributed by atoms with Gasteiger partial charge in [0.05, 0.1) is 27.8 Å². The maximum atomic E-state index is 12.4. The summed E-state index contributed by atoms with van der Waals surface area (Å²) in [5, 5.41) is 12.4. The zero-order valence-corrected chi connectivity index (χ0v) is 40.9. The van der Waals surface area contributed by atoms with Crippen LogP contribution in [0.25, 0.3) is 72.7 Å². The molecule has 0 atom stereocenters. The Labute approximate surface area is 420 Å². The zero-order valence-electron chi connectivity index (χ0n) is 51.7. The van der Waals surface area contributed by atoms with E-state index in [9.17, 15) is 5.11 Å². The van der Waals surface area contributed by atoms with E-state index in [1.54, 1.807) is 6.07 Å². The normalized spacial score (nSPS) is 15.8. The topological polar surface area (TPSA) is 50.9 Å². The van der Waals surface area contributed by atoms with Crippen molar-refractivity contribution in [2.45, 2.75) is 118 Å². The second-order valence-corrected chi connectivity index (χ2v) is 19.5. The van der Waals surface area contributed by atoms with Crippen LogP contribution in [-0.4, -0.2) is 19.6 Å². The second-order valence-electron chi connectivity index (χ2n) is 19.5. The van der Waals surface area contributed by atoms with Gasteiger partial charge in [-0.15, -0.1) is 29.3 Å². The van der Waals surface area contributed by atoms with E-state index in [4.69, 9.17) is 27.8 Å². The minimum Gasteiger partial charge on any atom is -0.507 e. The Hall–Kier alpha value is -5.57. The summed E-state index contributed by atoms with van der Waals surface area (Å²) < 4.78 is 113. The standard InChI is InChI=1S/C60H64N3O.Pt/c1-37(2)42-33-49(38(3)4)56(64)51(34-42)57-62-55-48(20-17-21-54(55)63(57)53-27-26-46(59(8,9)10)36-50(53)40-18-15-14-16-19-40)43-30-44(32-47(31-43)60(11,12)13)52-35-41(28-29-61-52)39-22-24-45(25-23-39)58(5,6)7;/h14-29,31-38,64H,1-13H3;/q-1;/i5D3,6D3,7D3,22D,23D,24D,25D;. The summed E-state index contributed by atoms with van der Waals surface area (Å²) in [6, 6.07) is 33.6. The monoisotopic (exact) mass is 1050 g/mol. The Morgan fingerprint density at radius 2 is 1.31 bits per heavy atom. The first-order valence-electron chi connectivity index (χ1n) is 28.4. The van der Waals surface area contributed by atoms with E-state index in [-0.39, 0.29) is 55.2 Å². The first kappa shape index (κ1) is 33.0. The van der Waals surface area contributed by atoms with Crippen LogP contribution >= 0.6 is 0 Å². The van der Waals surface area contributed by atoms with Crippen LogP contribution in [-0.2, 0) is 37.3 Å². The van der Waals surface area contributed by atoms with Gasteiger partial charge in [0.25, 0.3) is 0 Å². The van der Waals surface area contributed by atoms with Gasteiger partial charge in [-0.05, 0) is 97.4 Å². The third kappa shape index (κ3) is 9.57. The minimum absolute atomic E-state index is 0. The summed E-state index contributed by atoms with van der Waals surface area (Å²) >= 11 is 0. The van der Waals surface area contributed by atoms with Crippen LogP contribution in [0.4, 0.5) is 0 Å². The van der Waals surface area contributed by atoms with Crippen molar-refractivity contribution >= 4 is 11.0 Å². The van der Waals surface area contributed by atoms with Crippen LogP contribution in [0.5, 0.6) is 5.75 Å². The summed E-state index contributed by atoms with van der Waals surface area (Å²) in [4.78, 5) is 10.3. The van der Waals surface area contributed by atoms with E-state index in [2.05, 4.69) is 122 Å². The molecule has 0 aliphatic carbocycles. The van der Waals surface area contributed by atoms with Gasteiger partial charge in [0.15, 0.2) is 0 Å². The number of pyridine rings is 1. The number of fused-ring (bicyclic) bond motifs is 1. The van der Waals surface area contributed by atoms with E-state index in [1.165, 1.54) is 12.3 Å². The van der Waals surface area contributed by atoms with Crippen LogP contribution in [0.1, 0.15) is 147 Å². The fourth-order valence-corrected chi connectivity index (χ4v) is 8.08. The molecule has 5 heteroatoms. The summed E-state index contributed by atoms with van der Waals surface area (Å²) in [6.07, 6.45) is 1.42. The molecule has 0 radical (unpaired) electrons. The van der Waals surface area contributed by atoms with E-state index in [0.29, 0.717) is 33.7 Å². The Kier molecular flexibility index (Phi) is 9.14. The number of phenols is 1. The number of aromatic nitrogens is 3. The molecule has 0 fully saturated rings. The van der Waals surface area contributed by atoms with Gasteiger partial charge in [0.1, 0.15) is 11.6 Å². The van der Waals surface area contributed by atoms with Crippen LogP contribution in [0, 0.1) is 6.07 Å². The number of aromatic hydroxyl groups is 1. The quantitative estimate of drug-likeness (QED) is 0.154. The number of benzene rings is 6. The number of imidazole rings is 1. The van der Waals surface area contributed by atoms with Crippen molar-refractivity contribution < 1.29 is 44.0 Å². The van der Waals surface area contributed by atoms with Crippen molar-refractivity contribution in [1.82, 2.24) is 14.5 Å². The van der Waals surface area contributed by atoms with Gasteiger partial charge in [-0.2, -0.15) is 0 Å². The van der Waals surface area contributed by atoms with Crippen molar-refractivity contribution in [2.24, 2.45) is 0 Å². The van der Waals surface area contributed by atoms with Crippen LogP contribution < -0.4 is 0 Å². The summed E-state index contributed by atoms with van der Waals surface area (Å²) in [7, 11) is 0. The number of phenolic OH excluding ortho intramolecular Hbond substituents is 1. The molecule has 4 nitrogen and oxygen atoms in total. The van der Waals surface area contributed by atoms with E-state index in [0.717, 1.165) is 50.1 Å². The third-order valence-electron chi connectivity index (χ3n) is 11.9. The molecule has 336 valence electrons. The molecule has 1 N–H and O–H groups in total. The number of hydrogen-bond donors (Lipinski definition) is 1. The van der Waals surface area contributed by atoms with E-state index in [1.807, 2.05) is 48.5 Å². The molecule has 65 heavy (non-hydrogen) atoms. The molecule has 0 amide bonds. The number of rotatable bonds is 8. The maximum absolute atomic E-state index is 12.4. The smallest absolute Gasteiger partial charge is 0.148 e. The van der Waals surface area contributed by atoms with Crippen LogP contribution in [0.15, 0.2) is 133 Å². The Morgan fingerprint density at radius 3 is 1.95 bits per heavy atom. The molecule has 8 rings (SSSR count). The molecule has 0 unspecified atom stereocenters. The number of para-hydroxylation sites is 1. The average molecular weight is 1050 g/mol. The fourth-order valence-electron chi connectivity index (χ4n) is 8.08. The molecular weight excluding hydrogens is 974 g/mol. The molecule has 0 bridgehead atoms. The molecule has 2 heterocycles. The predicted molar refractivity (Wildman–Crippen MR) is 271 cm³/mol. The van der Waals surface area contributed by atoms with E-state index >= 15 is 0 Å². The summed E-state index contributed by atoms with van der Waals surface area (Å²) in [6.45, 7) is 9.72. The van der Waals surface area contributed by atoms with Crippen molar-refractivity contribution in [3.8, 4) is 67.5 Å². The van der Waals surface area contributed by atoms with Crippen molar-refractivity contribution in [2.75, 3.05) is 0 Å². The molecule has 6 aromatic carbocycles. The molecule has 2 aromatic heterocycles. The van der Waals surface area contributed by atoms with Gasteiger partial charge >= 0.3 is 0 Å². The Morgan fingerprint density at radius 1 is 0.615 bits per heavy atom. The molecule has 0 spiro atoms. The van der Waals surface area contributed by atoms with Gasteiger partial charge in [-0.1, -0.05) is 186 Å². The van der Waals surface area contributed by atoms with Gasteiger partial charge in [-0.25, -0.2) is 4.98 Å². The van der Waals surface area contributed by atoms with Crippen molar-refractivity contribution in [3.63, 3.8) is 0 Å². The minimum atomic E-state index is -3.81. The maximum Gasteiger partial charge on any atom is 0.148 e. The predicted octanol–water partition coefficient (Wildman–Crippen LogP) is 16.4. The molecule has 0 saturated carbocycles. The van der Waals surface area contributed by atoms with Gasteiger partial charge < -0.3 is 5.11 Å². The first-order valence-corrected chi connectivity index (χ1v) is 21.9. The molecule has 8 aromatic rings. The van der Waals surface area contributed by atoms with Gasteiger partial charge in [0.2, 0.25) is 0 Å². The molecule has 0 aliphatic heterocycles. The molecular formula is C60H64N3OPt-. The molecule has 0 aliphatic rings. The largest absolute Gasteiger partial charge is 0.507 e. The third-order valence-corrected chi connectivity index (χ3v) is 11.9. The zero-order chi connectivity index (χ0) is 56.9. The number of nitrogens with zero attached hydrogens (tertiary/aromatic N) is 3. The fraction of sp³-hybridized carbons (Fsp3) is 0.300. The Balaban J connectivity index is 0.00000882. The summed E-state index contributed by atoms with van der Waals surface area (Å²) in [5.41, 5.74) is 5.10. The summed E-state index contributed by atoms with van der Waals surface area (Å²) in [5.74, 6) is 0.820. The van der Waals surface area contributed by atoms with Crippen molar-refractivity contribution in [3.05, 3.63) is 167 Å². The van der Waals surface area contributed by atoms with Gasteiger partial charge in [-0.3, -0.25) is 9.55 Å². The number of hydrogen-bond acceptors (Lipinski definition) is 3. The average Bonchev–Trinajstić information content (AvgIpc) is 3.82. The first-order chi connectivity index (χ1) is 35.6. The van der Waals surface area contributed by atoms with Crippen LogP contribution in [0.2, 0.25) is 0 Å². The van der Waals surface area contributed by atoms with E-state index < -0.39 is 61.1 Å². The van der Waals surface area contributed by atoms with Crippen LogP contribution in [0.3, 0.4) is 0 Å². The van der Waals surface area contributed by atoms with Gasteiger partial charge in [0, 0.05) is 50.9 Å².